The summed E-state index contributed by atoms with van der Waals surface area (Å²) in [6.45, 7) is 7.28. The maximum atomic E-state index is 6.07. The second-order valence-electron chi connectivity index (χ2n) is 5.67. The molecule has 1 aromatic carbocycles. The van der Waals surface area contributed by atoms with Crippen LogP contribution in [0.25, 0.3) is 0 Å². The number of aryl methyl sites for hydroxylation is 1. The number of nitrogens with zero attached hydrogens (tertiary/aromatic N) is 2. The minimum absolute atomic E-state index is 0.721. The molecule has 3 heteroatoms. The van der Waals surface area contributed by atoms with Crippen LogP contribution in [-0.2, 0) is 6.42 Å². The van der Waals surface area contributed by atoms with Crippen molar-refractivity contribution >= 4 is 5.96 Å². The first kappa shape index (κ1) is 13.9. The number of piperidine rings is 1. The van der Waals surface area contributed by atoms with E-state index in [1.54, 1.807) is 0 Å². The van der Waals surface area contributed by atoms with Crippen molar-refractivity contribution in [1.82, 2.24) is 4.90 Å². The lowest BCUT2D eigenvalue weighted by atomic mass is 10.0. The van der Waals surface area contributed by atoms with Crippen LogP contribution in [0.2, 0.25) is 0 Å². The first-order valence-electron chi connectivity index (χ1n) is 7.25. The van der Waals surface area contributed by atoms with Gasteiger partial charge in [-0.15, -0.1) is 0 Å². The largest absolute Gasteiger partial charge is 0.370 e. The third-order valence-corrected chi connectivity index (χ3v) is 3.78. The van der Waals surface area contributed by atoms with E-state index in [1.165, 1.54) is 24.0 Å². The number of likely N-dealkylation sites (tertiary alicyclic amines) is 1. The number of benzene rings is 1. The maximum absolute atomic E-state index is 6.07. The average molecular weight is 259 g/mol. The molecule has 2 rings (SSSR count). The summed E-state index contributed by atoms with van der Waals surface area (Å²) in [6, 6.07) is 8.64. The standard InChI is InChI=1S/C16H25N3/c1-13-5-7-15(8-6-13)9-10-18-16(17)19-11-3-4-14(2)12-19/h5-8,14H,3-4,9-12H2,1-2H3,(H2,17,18). The number of hydrogen-bond acceptors (Lipinski definition) is 1. The van der Waals surface area contributed by atoms with E-state index in [2.05, 4.69) is 48.0 Å². The molecule has 3 nitrogen and oxygen atoms in total. The van der Waals surface area contributed by atoms with Crippen LogP contribution in [0, 0.1) is 12.8 Å². The molecule has 1 heterocycles. The predicted molar refractivity (Wildman–Crippen MR) is 81.3 cm³/mol. The first-order chi connectivity index (χ1) is 9.15. The zero-order valence-electron chi connectivity index (χ0n) is 12.1. The monoisotopic (exact) mass is 259 g/mol. The summed E-state index contributed by atoms with van der Waals surface area (Å²) in [6.07, 6.45) is 3.51. The summed E-state index contributed by atoms with van der Waals surface area (Å²) in [5.41, 5.74) is 8.70. The number of hydrogen-bond donors (Lipinski definition) is 1. The van der Waals surface area contributed by atoms with Crippen LogP contribution < -0.4 is 5.73 Å². The Labute approximate surface area is 116 Å². The zero-order chi connectivity index (χ0) is 13.7. The van der Waals surface area contributed by atoms with Gasteiger partial charge in [0.2, 0.25) is 0 Å². The lowest BCUT2D eigenvalue weighted by Crippen LogP contribution is -2.43. The summed E-state index contributed by atoms with van der Waals surface area (Å²) in [5, 5.41) is 0. The van der Waals surface area contributed by atoms with E-state index in [0.717, 1.165) is 37.9 Å². The summed E-state index contributed by atoms with van der Waals surface area (Å²) < 4.78 is 0. The van der Waals surface area contributed by atoms with Gasteiger partial charge < -0.3 is 10.6 Å². The van der Waals surface area contributed by atoms with Crippen LogP contribution in [-0.4, -0.2) is 30.5 Å². The highest BCUT2D eigenvalue weighted by atomic mass is 15.3. The Kier molecular flexibility index (Phi) is 4.83. The Hall–Kier alpha value is -1.51. The van der Waals surface area contributed by atoms with Crippen molar-refractivity contribution in [3.8, 4) is 0 Å². The highest BCUT2D eigenvalue weighted by Crippen LogP contribution is 2.14. The van der Waals surface area contributed by atoms with Crippen molar-refractivity contribution in [2.45, 2.75) is 33.1 Å². The molecule has 0 saturated carbocycles. The van der Waals surface area contributed by atoms with Gasteiger partial charge in [0.05, 0.1) is 0 Å². The molecule has 0 spiro atoms. The molecular formula is C16H25N3. The fraction of sp³-hybridized carbons (Fsp3) is 0.562. The molecule has 1 saturated heterocycles. The molecule has 0 amide bonds. The SMILES string of the molecule is Cc1ccc(CCN=C(N)N2CCCC(C)C2)cc1. The summed E-state index contributed by atoms with van der Waals surface area (Å²) >= 11 is 0. The number of rotatable bonds is 3. The number of guanidine groups is 1. The van der Waals surface area contributed by atoms with Crippen LogP contribution >= 0.6 is 0 Å². The fourth-order valence-electron chi connectivity index (χ4n) is 2.55. The fourth-order valence-corrected chi connectivity index (χ4v) is 2.55. The van der Waals surface area contributed by atoms with Gasteiger partial charge in [0.25, 0.3) is 0 Å². The molecule has 0 aliphatic carbocycles. The van der Waals surface area contributed by atoms with E-state index >= 15 is 0 Å². The molecule has 1 unspecified atom stereocenters. The molecule has 1 fully saturated rings. The van der Waals surface area contributed by atoms with Gasteiger partial charge >= 0.3 is 0 Å². The summed E-state index contributed by atoms with van der Waals surface area (Å²) in [5.74, 6) is 1.46. The molecule has 0 bridgehead atoms. The van der Waals surface area contributed by atoms with Crippen LogP contribution in [0.5, 0.6) is 0 Å². The Balaban J connectivity index is 1.82. The molecule has 104 valence electrons. The van der Waals surface area contributed by atoms with Gasteiger partial charge in [-0.3, -0.25) is 4.99 Å². The molecule has 1 aromatic rings. The van der Waals surface area contributed by atoms with Crippen LogP contribution in [0.15, 0.2) is 29.3 Å². The first-order valence-corrected chi connectivity index (χ1v) is 7.25. The molecule has 1 aliphatic rings. The Morgan fingerprint density at radius 1 is 1.37 bits per heavy atom. The Morgan fingerprint density at radius 2 is 2.11 bits per heavy atom. The quantitative estimate of drug-likeness (QED) is 0.669. The second-order valence-corrected chi connectivity index (χ2v) is 5.67. The van der Waals surface area contributed by atoms with E-state index in [1.807, 2.05) is 0 Å². The predicted octanol–water partition coefficient (Wildman–Crippen LogP) is 2.58. The Bertz CT molecular complexity index is 422. The molecule has 1 atom stereocenters. The lowest BCUT2D eigenvalue weighted by Gasteiger charge is -2.31. The molecule has 2 N–H and O–H groups in total. The van der Waals surface area contributed by atoms with Crippen LogP contribution in [0.1, 0.15) is 30.9 Å². The molecule has 1 aliphatic heterocycles. The van der Waals surface area contributed by atoms with Gasteiger partial charge in [0.15, 0.2) is 5.96 Å². The number of nitrogens with two attached hydrogens (primary N) is 1. The van der Waals surface area contributed by atoms with Crippen molar-refractivity contribution in [1.29, 1.82) is 0 Å². The Morgan fingerprint density at radius 3 is 2.79 bits per heavy atom. The smallest absolute Gasteiger partial charge is 0.191 e. The third kappa shape index (κ3) is 4.27. The molecule has 19 heavy (non-hydrogen) atoms. The van der Waals surface area contributed by atoms with Gasteiger partial charge in [0, 0.05) is 19.6 Å². The van der Waals surface area contributed by atoms with Crippen molar-refractivity contribution in [3.05, 3.63) is 35.4 Å². The molecule has 0 radical (unpaired) electrons. The molecule has 0 aromatic heterocycles. The van der Waals surface area contributed by atoms with Crippen molar-refractivity contribution < 1.29 is 0 Å². The number of aliphatic imine (C=N–C) groups is 1. The van der Waals surface area contributed by atoms with E-state index in [4.69, 9.17) is 5.73 Å². The average Bonchev–Trinajstić information content (AvgIpc) is 2.41. The maximum Gasteiger partial charge on any atom is 0.191 e. The van der Waals surface area contributed by atoms with Gasteiger partial charge in [-0.2, -0.15) is 0 Å². The van der Waals surface area contributed by atoms with Crippen molar-refractivity contribution in [2.24, 2.45) is 16.6 Å². The van der Waals surface area contributed by atoms with Gasteiger partial charge in [0.1, 0.15) is 0 Å². The highest BCUT2D eigenvalue weighted by Gasteiger charge is 2.17. The minimum atomic E-state index is 0.721. The normalized spacial score (nSPS) is 20.6. The minimum Gasteiger partial charge on any atom is -0.370 e. The van der Waals surface area contributed by atoms with E-state index in [-0.39, 0.29) is 0 Å². The third-order valence-electron chi connectivity index (χ3n) is 3.78. The van der Waals surface area contributed by atoms with Crippen LogP contribution in [0.4, 0.5) is 0 Å². The lowest BCUT2D eigenvalue weighted by molar-refractivity contribution is 0.270. The van der Waals surface area contributed by atoms with Crippen molar-refractivity contribution in [2.75, 3.05) is 19.6 Å². The summed E-state index contributed by atoms with van der Waals surface area (Å²) in [4.78, 5) is 6.75. The topological polar surface area (TPSA) is 41.6 Å². The van der Waals surface area contributed by atoms with Gasteiger partial charge in [-0.05, 0) is 37.7 Å². The van der Waals surface area contributed by atoms with E-state index in [9.17, 15) is 0 Å². The second kappa shape index (κ2) is 6.60. The van der Waals surface area contributed by atoms with E-state index in [0.29, 0.717) is 0 Å². The highest BCUT2D eigenvalue weighted by molar-refractivity contribution is 5.78. The van der Waals surface area contributed by atoms with Crippen LogP contribution in [0.3, 0.4) is 0 Å². The molecular weight excluding hydrogens is 234 g/mol. The van der Waals surface area contributed by atoms with Gasteiger partial charge in [-0.1, -0.05) is 36.8 Å². The van der Waals surface area contributed by atoms with Crippen molar-refractivity contribution in [3.63, 3.8) is 0 Å². The van der Waals surface area contributed by atoms with Gasteiger partial charge in [-0.25, -0.2) is 0 Å². The summed E-state index contributed by atoms with van der Waals surface area (Å²) in [7, 11) is 0. The zero-order valence-corrected chi connectivity index (χ0v) is 12.1. The van der Waals surface area contributed by atoms with E-state index < -0.39 is 0 Å².